The first-order chi connectivity index (χ1) is 28.2. The lowest BCUT2D eigenvalue weighted by Crippen LogP contribution is -2.48. The Hall–Kier alpha value is -4.72. The van der Waals surface area contributed by atoms with Crippen LogP contribution in [0.3, 0.4) is 0 Å². The molecule has 12 nitrogen and oxygen atoms in total. The maximum atomic E-state index is 16.3. The fourth-order valence-corrected chi connectivity index (χ4v) is 9.92. The summed E-state index contributed by atoms with van der Waals surface area (Å²) in [6.45, 7) is 10.3. The maximum absolute atomic E-state index is 16.3. The smallest absolute Gasteiger partial charge is 0.380 e. The molecule has 3 rings (SSSR count). The molecule has 0 amide bonds. The van der Waals surface area contributed by atoms with E-state index >= 15 is 26.3 Å². The fourth-order valence-electron chi connectivity index (χ4n) is 7.50. The molecule has 0 aliphatic heterocycles. The molecule has 0 N–H and O–H groups in total. The summed E-state index contributed by atoms with van der Waals surface area (Å²) in [6, 6.07) is 1.44. The van der Waals surface area contributed by atoms with Gasteiger partial charge in [0, 0.05) is 42.5 Å². The Morgan fingerprint density at radius 3 is 0.918 bits per heavy atom. The van der Waals surface area contributed by atoms with Crippen LogP contribution in [0.4, 0.5) is 26.3 Å². The maximum Gasteiger partial charge on any atom is 0.380 e. The summed E-state index contributed by atoms with van der Waals surface area (Å²) in [5, 5.41) is 0. The number of carbonyl (C=O) groups is 8. The summed E-state index contributed by atoms with van der Waals surface area (Å²) in [5.74, 6) is -37.8. The van der Waals surface area contributed by atoms with E-state index in [1.807, 2.05) is 0 Å². The average molecular weight is 909 g/mol. The van der Waals surface area contributed by atoms with Gasteiger partial charge in [-0.2, -0.15) is 26.3 Å². The van der Waals surface area contributed by atoms with Gasteiger partial charge in [-0.3, -0.25) is 38.4 Å². The minimum atomic E-state index is -6.12. The Labute approximate surface area is 355 Å². The second kappa shape index (κ2) is 19.5. The number of aryl methyl sites for hydroxylation is 2. The summed E-state index contributed by atoms with van der Waals surface area (Å²) in [7, 11) is 0. The first-order valence-corrected chi connectivity index (χ1v) is 20.6. The number of allylic oxidation sites excluding steroid dienone is 2. The number of esters is 4. The van der Waals surface area contributed by atoms with E-state index in [0.717, 1.165) is 53.7 Å². The van der Waals surface area contributed by atoms with E-state index in [9.17, 15) is 38.4 Å². The molecule has 4 atom stereocenters. The molecule has 0 aromatic carbocycles. The van der Waals surface area contributed by atoms with Crippen LogP contribution in [0.1, 0.15) is 97.9 Å². The molecule has 1 aliphatic rings. The van der Waals surface area contributed by atoms with E-state index in [2.05, 4.69) is 0 Å². The van der Waals surface area contributed by atoms with Crippen molar-refractivity contribution in [3.05, 3.63) is 42.8 Å². The molecule has 0 fully saturated rings. The summed E-state index contributed by atoms with van der Waals surface area (Å²) in [4.78, 5) is 104. The lowest BCUT2D eigenvalue weighted by Gasteiger charge is -2.28. The van der Waals surface area contributed by atoms with Crippen LogP contribution < -0.4 is 0 Å². The molecule has 20 heteroatoms. The lowest BCUT2D eigenvalue weighted by molar-refractivity contribution is -0.254. The number of carbonyl (C=O) groups excluding carboxylic acids is 8. The highest BCUT2D eigenvalue weighted by atomic mass is 32.1. The zero-order valence-corrected chi connectivity index (χ0v) is 36.6. The molecule has 0 radical (unpaired) electrons. The van der Waals surface area contributed by atoms with E-state index in [1.165, 1.54) is 27.7 Å². The predicted molar refractivity (Wildman–Crippen MR) is 208 cm³/mol. The van der Waals surface area contributed by atoms with Crippen molar-refractivity contribution in [3.8, 4) is 0 Å². The van der Waals surface area contributed by atoms with E-state index in [4.69, 9.17) is 18.9 Å². The number of alkyl halides is 6. The van der Waals surface area contributed by atoms with Gasteiger partial charge in [0.2, 0.25) is 0 Å². The first kappa shape index (κ1) is 50.6. The number of Topliss-reactive ketones (excluding diaryl/α,β-unsaturated/α-hetero) is 4. The van der Waals surface area contributed by atoms with Crippen LogP contribution >= 0.6 is 22.7 Å². The molecular formula is C41H46F6O12S2. The topological polar surface area (TPSA) is 173 Å². The quantitative estimate of drug-likeness (QED) is 0.0555. The molecule has 0 spiro atoms. The largest absolute Gasteiger partial charge is 0.465 e. The van der Waals surface area contributed by atoms with Gasteiger partial charge in [0.1, 0.15) is 46.8 Å². The molecule has 1 aliphatic carbocycles. The Morgan fingerprint density at radius 1 is 0.492 bits per heavy atom. The zero-order chi connectivity index (χ0) is 46.7. The summed E-state index contributed by atoms with van der Waals surface area (Å²) >= 11 is 0.923. The number of rotatable bonds is 20. The second-order valence-electron chi connectivity index (χ2n) is 14.1. The highest BCUT2D eigenvalue weighted by Gasteiger charge is 2.80. The number of ketones is 4. The van der Waals surface area contributed by atoms with Crippen molar-refractivity contribution in [2.45, 2.75) is 98.8 Å². The van der Waals surface area contributed by atoms with Crippen molar-refractivity contribution in [3.63, 3.8) is 0 Å². The minimum Gasteiger partial charge on any atom is -0.465 e. The SMILES string of the molecule is CCOC(=O)C(C(C)=O)C(c1cc(C2=C(c3cc(C(C(C(C)=O)C(=O)OCC)C(C(C)=O)C(=O)OCC)sc3C)C(F)(F)C(F)(F)C2(F)F)c(C)s1)C(C(C)=O)C(=O)OCC. The molecule has 336 valence electrons. The van der Waals surface area contributed by atoms with Gasteiger partial charge in [0.25, 0.3) is 0 Å². The number of thiophene rings is 2. The van der Waals surface area contributed by atoms with E-state index in [1.54, 1.807) is 0 Å². The highest BCUT2D eigenvalue weighted by molar-refractivity contribution is 7.12. The fraction of sp³-hybridized carbons (Fsp3) is 0.561. The third-order valence-corrected chi connectivity index (χ3v) is 12.4. The number of hydrogen-bond donors (Lipinski definition) is 0. The van der Waals surface area contributed by atoms with Gasteiger partial charge < -0.3 is 18.9 Å². The van der Waals surface area contributed by atoms with Gasteiger partial charge in [-0.05, 0) is 92.5 Å². The van der Waals surface area contributed by atoms with Crippen molar-refractivity contribution in [2.24, 2.45) is 23.7 Å². The molecule has 0 saturated heterocycles. The summed E-state index contributed by atoms with van der Waals surface area (Å²) in [6.07, 6.45) is 0. The standard InChI is InChI=1S/C41H46F6O12S2/c1-11-56-35(52)27(17(5)48)31(28(18(6)49)36(53)57-12-2)25-15-23(21(9)60-25)33-34(40(44,45)41(46,47)39(33,42)43)24-16-26(61-22(24)10)32(29(19(7)50)37(54)58-13-3)30(20(8)51)38(55)59-14-4/h15-16,27-32H,11-14H2,1-10H3. The van der Waals surface area contributed by atoms with E-state index in [-0.39, 0.29) is 45.9 Å². The van der Waals surface area contributed by atoms with Crippen molar-refractivity contribution in [1.29, 1.82) is 0 Å². The molecule has 61 heavy (non-hydrogen) atoms. The van der Waals surface area contributed by atoms with Crippen LogP contribution in [0, 0.1) is 37.5 Å². The molecule has 2 heterocycles. The highest BCUT2D eigenvalue weighted by Crippen LogP contribution is 2.66. The minimum absolute atomic E-state index is 0.288. The number of halogens is 6. The number of hydrogen-bond acceptors (Lipinski definition) is 14. The third-order valence-electron chi connectivity index (χ3n) is 10.1. The van der Waals surface area contributed by atoms with E-state index in [0.29, 0.717) is 22.7 Å². The van der Waals surface area contributed by atoms with Gasteiger partial charge in [-0.1, -0.05) is 0 Å². The van der Waals surface area contributed by atoms with Crippen LogP contribution in [0.25, 0.3) is 11.1 Å². The average Bonchev–Trinajstić information content (AvgIpc) is 3.72. The van der Waals surface area contributed by atoms with Crippen LogP contribution in [0.15, 0.2) is 12.1 Å². The van der Waals surface area contributed by atoms with Crippen molar-refractivity contribution in [1.82, 2.24) is 0 Å². The Morgan fingerprint density at radius 2 is 0.721 bits per heavy atom. The normalized spacial score (nSPS) is 18.2. The van der Waals surface area contributed by atoms with Crippen molar-refractivity contribution >= 4 is 80.8 Å². The van der Waals surface area contributed by atoms with Crippen LogP contribution in [0.2, 0.25) is 0 Å². The Kier molecular flexibility index (Phi) is 16.2. The van der Waals surface area contributed by atoms with Gasteiger partial charge >= 0.3 is 41.6 Å². The number of ether oxygens (including phenoxy) is 4. The van der Waals surface area contributed by atoms with E-state index < -0.39 is 123 Å². The van der Waals surface area contributed by atoms with Crippen molar-refractivity contribution < 1.29 is 83.6 Å². The monoisotopic (exact) mass is 908 g/mol. The molecular weight excluding hydrogens is 863 g/mol. The second-order valence-corrected chi connectivity index (χ2v) is 16.7. The van der Waals surface area contributed by atoms with Gasteiger partial charge in [0.15, 0.2) is 0 Å². The molecule has 2 aromatic heterocycles. The molecule has 0 saturated carbocycles. The molecule has 0 bridgehead atoms. The van der Waals surface area contributed by atoms with Crippen LogP contribution in [-0.2, 0) is 57.3 Å². The lowest BCUT2D eigenvalue weighted by atomic mass is 9.76. The predicted octanol–water partition coefficient (Wildman–Crippen LogP) is 7.50. The molecule has 4 unspecified atom stereocenters. The van der Waals surface area contributed by atoms with Crippen molar-refractivity contribution in [2.75, 3.05) is 26.4 Å². The third kappa shape index (κ3) is 9.39. The van der Waals surface area contributed by atoms with Gasteiger partial charge in [-0.15, -0.1) is 22.7 Å². The Balaban J connectivity index is 2.57. The summed E-state index contributed by atoms with van der Waals surface area (Å²) < 4.78 is 117. The van der Waals surface area contributed by atoms with Gasteiger partial charge in [-0.25, -0.2) is 0 Å². The Bertz CT molecular complexity index is 1900. The van der Waals surface area contributed by atoms with Crippen LogP contribution in [-0.4, -0.2) is 91.2 Å². The van der Waals surface area contributed by atoms with Crippen LogP contribution in [0.5, 0.6) is 0 Å². The first-order valence-electron chi connectivity index (χ1n) is 19.0. The zero-order valence-electron chi connectivity index (χ0n) is 34.9. The summed E-state index contributed by atoms with van der Waals surface area (Å²) in [5.41, 5.74) is -5.66. The molecule has 2 aromatic rings. The van der Waals surface area contributed by atoms with Gasteiger partial charge in [0.05, 0.1) is 26.4 Å².